The Morgan fingerprint density at radius 2 is 2.05 bits per heavy atom. The quantitative estimate of drug-likeness (QED) is 0.846. The van der Waals surface area contributed by atoms with E-state index in [1.807, 2.05) is 0 Å². The van der Waals surface area contributed by atoms with Gasteiger partial charge in [-0.3, -0.25) is 4.79 Å². The Morgan fingerprint density at radius 1 is 1.33 bits per heavy atom. The van der Waals surface area contributed by atoms with Crippen LogP contribution in [0.1, 0.15) is 23.3 Å². The molecule has 0 unspecified atom stereocenters. The fourth-order valence-electron chi connectivity index (χ4n) is 2.11. The Balaban J connectivity index is 1.53. The third kappa shape index (κ3) is 3.30. The van der Waals surface area contributed by atoms with Gasteiger partial charge in [-0.1, -0.05) is 4.49 Å². The van der Waals surface area contributed by atoms with Crippen molar-refractivity contribution in [2.75, 3.05) is 13.1 Å². The molecule has 3 heterocycles. The molecule has 2 aromatic rings. The molecule has 0 aromatic carbocycles. The fraction of sp³-hybridized carbons (Fsp3) is 0.417. The van der Waals surface area contributed by atoms with E-state index in [-0.39, 0.29) is 18.0 Å². The van der Waals surface area contributed by atoms with Crippen LogP contribution in [0.5, 0.6) is 6.01 Å². The first-order chi connectivity index (χ1) is 10.2. The van der Waals surface area contributed by atoms with Crippen LogP contribution in [-0.2, 0) is 0 Å². The topological polar surface area (TPSA) is 81.1 Å². The lowest BCUT2D eigenvalue weighted by Gasteiger charge is -2.31. The van der Waals surface area contributed by atoms with Crippen molar-refractivity contribution in [3.05, 3.63) is 29.3 Å². The van der Waals surface area contributed by atoms with Gasteiger partial charge in [0.25, 0.3) is 5.91 Å². The summed E-state index contributed by atoms with van der Waals surface area (Å²) in [5.74, 6) is -0.611. The molecule has 0 spiro atoms. The molecule has 1 saturated heterocycles. The summed E-state index contributed by atoms with van der Waals surface area (Å²) in [5, 5.41) is 5.41. The standard InChI is InChI=1S/C12H12FN5O2S/c13-8-5-14-12(15-6-8)20-9-1-3-18(4-2-9)11(19)10-7-21-17-16-10/h5-7,9H,1-4H2. The highest BCUT2D eigenvalue weighted by Crippen LogP contribution is 2.17. The van der Waals surface area contributed by atoms with Crippen LogP contribution in [0, 0.1) is 5.82 Å². The van der Waals surface area contributed by atoms with Crippen molar-refractivity contribution in [3.63, 3.8) is 0 Å². The summed E-state index contributed by atoms with van der Waals surface area (Å²) in [6.45, 7) is 1.14. The monoisotopic (exact) mass is 309 g/mol. The highest BCUT2D eigenvalue weighted by molar-refractivity contribution is 7.03. The van der Waals surface area contributed by atoms with Crippen LogP contribution in [0.3, 0.4) is 0 Å². The number of piperidine rings is 1. The summed E-state index contributed by atoms with van der Waals surface area (Å²) in [5.41, 5.74) is 0.376. The number of carbonyl (C=O) groups is 1. The summed E-state index contributed by atoms with van der Waals surface area (Å²) in [7, 11) is 0. The molecule has 1 fully saturated rings. The summed E-state index contributed by atoms with van der Waals surface area (Å²) in [4.78, 5) is 21.3. The van der Waals surface area contributed by atoms with Crippen molar-refractivity contribution in [1.82, 2.24) is 24.5 Å². The van der Waals surface area contributed by atoms with Gasteiger partial charge in [0.05, 0.1) is 12.4 Å². The molecule has 0 aliphatic carbocycles. The highest BCUT2D eigenvalue weighted by Gasteiger charge is 2.26. The zero-order chi connectivity index (χ0) is 14.7. The van der Waals surface area contributed by atoms with E-state index in [1.165, 1.54) is 0 Å². The summed E-state index contributed by atoms with van der Waals surface area (Å²) in [6.07, 6.45) is 3.40. The van der Waals surface area contributed by atoms with Gasteiger partial charge < -0.3 is 9.64 Å². The number of hydrogen-bond donors (Lipinski definition) is 0. The second kappa shape index (κ2) is 6.08. The molecule has 9 heteroatoms. The molecule has 2 aromatic heterocycles. The van der Waals surface area contributed by atoms with Gasteiger partial charge >= 0.3 is 6.01 Å². The van der Waals surface area contributed by atoms with Crippen LogP contribution in [0.15, 0.2) is 17.8 Å². The maximum atomic E-state index is 12.7. The van der Waals surface area contributed by atoms with Crippen molar-refractivity contribution >= 4 is 17.4 Å². The van der Waals surface area contributed by atoms with E-state index in [0.29, 0.717) is 31.6 Å². The fourth-order valence-corrected chi connectivity index (χ4v) is 2.54. The van der Waals surface area contributed by atoms with E-state index in [1.54, 1.807) is 10.3 Å². The van der Waals surface area contributed by atoms with Crippen LogP contribution >= 0.6 is 11.5 Å². The third-order valence-corrected chi connectivity index (χ3v) is 3.68. The van der Waals surface area contributed by atoms with Crippen LogP contribution in [0.4, 0.5) is 4.39 Å². The van der Waals surface area contributed by atoms with Crippen LogP contribution in [-0.4, -0.2) is 49.6 Å². The van der Waals surface area contributed by atoms with E-state index in [4.69, 9.17) is 4.74 Å². The predicted molar refractivity (Wildman–Crippen MR) is 71.5 cm³/mol. The van der Waals surface area contributed by atoms with Crippen LogP contribution < -0.4 is 4.74 Å². The van der Waals surface area contributed by atoms with Gasteiger partial charge in [-0.15, -0.1) is 5.10 Å². The average molecular weight is 309 g/mol. The van der Waals surface area contributed by atoms with Gasteiger partial charge in [-0.2, -0.15) is 0 Å². The lowest BCUT2D eigenvalue weighted by atomic mass is 10.1. The van der Waals surface area contributed by atoms with Crippen molar-refractivity contribution in [1.29, 1.82) is 0 Å². The maximum absolute atomic E-state index is 12.7. The van der Waals surface area contributed by atoms with Crippen LogP contribution in [0.2, 0.25) is 0 Å². The molecule has 21 heavy (non-hydrogen) atoms. The molecule has 3 rings (SSSR count). The number of carbonyl (C=O) groups excluding carboxylic acids is 1. The average Bonchev–Trinajstić information content (AvgIpc) is 3.04. The van der Waals surface area contributed by atoms with E-state index < -0.39 is 5.82 Å². The molecule has 0 N–H and O–H groups in total. The van der Waals surface area contributed by atoms with Crippen LogP contribution in [0.25, 0.3) is 0 Å². The second-order valence-electron chi connectivity index (χ2n) is 4.58. The molecule has 0 atom stereocenters. The Bertz CT molecular complexity index is 599. The van der Waals surface area contributed by atoms with Gasteiger partial charge in [0.2, 0.25) is 0 Å². The molecule has 0 bridgehead atoms. The SMILES string of the molecule is O=C(c1csnn1)N1CCC(Oc2ncc(F)cn2)CC1. The normalized spacial score (nSPS) is 16.0. The lowest BCUT2D eigenvalue weighted by Crippen LogP contribution is -2.42. The number of rotatable bonds is 3. The Hall–Kier alpha value is -2.16. The number of likely N-dealkylation sites (tertiary alicyclic amines) is 1. The number of ether oxygens (including phenoxy) is 1. The van der Waals surface area contributed by atoms with Crippen molar-refractivity contribution in [3.8, 4) is 6.01 Å². The van der Waals surface area contributed by atoms with E-state index in [0.717, 1.165) is 23.9 Å². The van der Waals surface area contributed by atoms with Gasteiger partial charge in [0.1, 0.15) is 6.10 Å². The lowest BCUT2D eigenvalue weighted by molar-refractivity contribution is 0.0573. The maximum Gasteiger partial charge on any atom is 0.316 e. The first kappa shape index (κ1) is 13.8. The summed E-state index contributed by atoms with van der Waals surface area (Å²) < 4.78 is 22.0. The first-order valence-corrected chi connectivity index (χ1v) is 7.26. The Morgan fingerprint density at radius 3 is 2.67 bits per heavy atom. The van der Waals surface area contributed by atoms with Gasteiger partial charge in [-0.25, -0.2) is 14.4 Å². The molecular formula is C12H12FN5O2S. The summed E-state index contributed by atoms with van der Waals surface area (Å²) >= 11 is 1.15. The minimum atomic E-state index is -0.500. The number of amides is 1. The molecule has 1 aliphatic rings. The van der Waals surface area contributed by atoms with Crippen molar-refractivity contribution < 1.29 is 13.9 Å². The minimum absolute atomic E-state index is 0.0759. The highest BCUT2D eigenvalue weighted by atomic mass is 32.1. The predicted octanol–water partition coefficient (Wildman–Crippen LogP) is 1.15. The molecule has 110 valence electrons. The van der Waals surface area contributed by atoms with Crippen molar-refractivity contribution in [2.45, 2.75) is 18.9 Å². The van der Waals surface area contributed by atoms with E-state index >= 15 is 0 Å². The molecular weight excluding hydrogens is 297 g/mol. The Kier molecular flexibility index (Phi) is 4.00. The number of hydrogen-bond acceptors (Lipinski definition) is 7. The third-order valence-electron chi connectivity index (χ3n) is 3.18. The smallest absolute Gasteiger partial charge is 0.316 e. The largest absolute Gasteiger partial charge is 0.460 e. The van der Waals surface area contributed by atoms with Gasteiger partial charge in [0, 0.05) is 31.3 Å². The molecule has 7 nitrogen and oxygen atoms in total. The zero-order valence-electron chi connectivity index (χ0n) is 11.0. The first-order valence-electron chi connectivity index (χ1n) is 6.43. The molecule has 1 amide bonds. The van der Waals surface area contributed by atoms with Gasteiger partial charge in [0.15, 0.2) is 11.5 Å². The summed E-state index contributed by atoms with van der Waals surface area (Å²) in [6, 6.07) is 0.157. The second-order valence-corrected chi connectivity index (χ2v) is 5.19. The van der Waals surface area contributed by atoms with Crippen molar-refractivity contribution in [2.24, 2.45) is 0 Å². The zero-order valence-corrected chi connectivity index (χ0v) is 11.8. The minimum Gasteiger partial charge on any atom is -0.460 e. The number of halogens is 1. The molecule has 0 radical (unpaired) electrons. The van der Waals surface area contributed by atoms with E-state index in [9.17, 15) is 9.18 Å². The Labute approximate surface area is 124 Å². The molecule has 0 saturated carbocycles. The van der Waals surface area contributed by atoms with Gasteiger partial charge in [-0.05, 0) is 11.5 Å². The van der Waals surface area contributed by atoms with E-state index in [2.05, 4.69) is 19.6 Å². The number of aromatic nitrogens is 4. The number of nitrogens with zero attached hydrogens (tertiary/aromatic N) is 5. The molecule has 1 aliphatic heterocycles.